The van der Waals surface area contributed by atoms with Crippen LogP contribution in [0.5, 0.6) is 0 Å². The summed E-state index contributed by atoms with van der Waals surface area (Å²) in [5.74, 6) is -1.05. The minimum atomic E-state index is -3.79. The van der Waals surface area contributed by atoms with Crippen LogP contribution in [0.15, 0.2) is 12.7 Å². The summed E-state index contributed by atoms with van der Waals surface area (Å²) in [7, 11) is -3.79. The van der Waals surface area contributed by atoms with Crippen LogP contribution in [0.25, 0.3) is 0 Å². The van der Waals surface area contributed by atoms with Gasteiger partial charge in [-0.3, -0.25) is 4.89 Å². The largest absolute Gasteiger partial charge is 1.00 e. The number of hydrogen-bond acceptors (Lipinski definition) is 5. The monoisotopic (exact) mass is 344 g/mol. The maximum absolute atomic E-state index is 11.4. The second-order valence-electron chi connectivity index (χ2n) is 5.12. The molecule has 0 radical (unpaired) electrons. The summed E-state index contributed by atoms with van der Waals surface area (Å²) in [6, 6.07) is 0. The molecule has 22 heavy (non-hydrogen) atoms. The molecular formula is C15H29NaO5S. The molecule has 0 heterocycles. The van der Waals surface area contributed by atoms with Gasteiger partial charge in [-0.25, -0.2) is 4.79 Å². The van der Waals surface area contributed by atoms with Crippen molar-refractivity contribution >= 4 is 16.1 Å². The zero-order valence-electron chi connectivity index (χ0n) is 15.0. The van der Waals surface area contributed by atoms with E-state index in [2.05, 4.69) is 22.7 Å². The molecule has 0 unspecified atom stereocenters. The average molecular weight is 344 g/mol. The fourth-order valence-electron chi connectivity index (χ4n) is 1.92. The van der Waals surface area contributed by atoms with Crippen molar-refractivity contribution in [1.82, 2.24) is 0 Å². The minimum absolute atomic E-state index is 0. The number of hydrogen-bond donors (Lipinski definition) is 0. The summed E-state index contributed by atoms with van der Waals surface area (Å²) in [6.07, 6.45) is 12.0. The number of unbranched alkanes of at least 4 members (excludes halogenated alkanes) is 9. The van der Waals surface area contributed by atoms with E-state index in [0.717, 1.165) is 25.3 Å². The molecule has 0 bridgehead atoms. The van der Waals surface area contributed by atoms with Gasteiger partial charge in [-0.1, -0.05) is 75.6 Å². The van der Waals surface area contributed by atoms with Crippen LogP contribution in [0.1, 0.15) is 72.6 Å². The first-order valence-corrected chi connectivity index (χ1v) is 9.34. The van der Waals surface area contributed by atoms with Crippen LogP contribution in [-0.2, 0) is 24.1 Å². The van der Waals surface area contributed by atoms with Crippen molar-refractivity contribution in [2.24, 2.45) is 0 Å². The SMILES string of the molecule is C=CC(=O)OOS(=O)(=O)CCCCCCCCCCCC.[H-].[Na+]. The van der Waals surface area contributed by atoms with Crippen LogP contribution in [0.2, 0.25) is 0 Å². The second kappa shape index (κ2) is 16.0. The summed E-state index contributed by atoms with van der Waals surface area (Å²) in [6.45, 7) is 5.34. The van der Waals surface area contributed by atoms with Crippen LogP contribution in [0.3, 0.4) is 0 Å². The van der Waals surface area contributed by atoms with Crippen molar-refractivity contribution in [3.8, 4) is 0 Å². The van der Waals surface area contributed by atoms with E-state index in [9.17, 15) is 13.2 Å². The average Bonchev–Trinajstić information content (AvgIpc) is 2.46. The Balaban J connectivity index is -0.00000200. The zero-order chi connectivity index (χ0) is 16.0. The summed E-state index contributed by atoms with van der Waals surface area (Å²) >= 11 is 0. The summed E-state index contributed by atoms with van der Waals surface area (Å²) in [5.41, 5.74) is 0. The maximum Gasteiger partial charge on any atom is 1.00 e. The molecule has 0 aromatic rings. The van der Waals surface area contributed by atoms with Crippen LogP contribution in [0, 0.1) is 0 Å². The zero-order valence-corrected chi connectivity index (χ0v) is 16.8. The molecule has 0 aliphatic carbocycles. The molecule has 0 aromatic carbocycles. The Morgan fingerprint density at radius 3 is 1.91 bits per heavy atom. The molecular weight excluding hydrogens is 315 g/mol. The van der Waals surface area contributed by atoms with E-state index < -0.39 is 16.1 Å². The third-order valence-corrected chi connectivity index (χ3v) is 4.20. The standard InChI is InChI=1S/C15H28O5S.Na.H/c1-3-5-6-7-8-9-10-11-12-13-14-21(17,18)20-19-15(16)4-2;;/h4H,2-3,5-14H2,1H3;;/q;+1;-1. The van der Waals surface area contributed by atoms with Gasteiger partial charge in [0.05, 0.1) is 5.75 Å². The van der Waals surface area contributed by atoms with E-state index >= 15 is 0 Å². The first kappa shape index (κ1) is 24.4. The predicted molar refractivity (Wildman–Crippen MR) is 84.1 cm³/mol. The first-order chi connectivity index (χ1) is 10.0. The van der Waals surface area contributed by atoms with Crippen LogP contribution in [0.4, 0.5) is 0 Å². The van der Waals surface area contributed by atoms with E-state index in [1.807, 2.05) is 0 Å². The van der Waals surface area contributed by atoms with Crippen LogP contribution in [-0.4, -0.2) is 20.1 Å². The van der Waals surface area contributed by atoms with E-state index in [1.54, 1.807) is 0 Å². The fourth-order valence-corrected chi connectivity index (χ4v) is 2.72. The van der Waals surface area contributed by atoms with Gasteiger partial charge in [0, 0.05) is 6.08 Å². The normalized spacial score (nSPS) is 10.8. The molecule has 0 N–H and O–H groups in total. The van der Waals surface area contributed by atoms with Crippen molar-refractivity contribution in [3.05, 3.63) is 12.7 Å². The van der Waals surface area contributed by atoms with Gasteiger partial charge in [0.2, 0.25) is 0 Å². The van der Waals surface area contributed by atoms with E-state index in [-0.39, 0.29) is 36.7 Å². The van der Waals surface area contributed by atoms with E-state index in [1.165, 1.54) is 38.5 Å². The van der Waals surface area contributed by atoms with Gasteiger partial charge in [0.1, 0.15) is 0 Å². The smallest absolute Gasteiger partial charge is 1.00 e. The van der Waals surface area contributed by atoms with Gasteiger partial charge < -0.3 is 1.43 Å². The first-order valence-electron chi connectivity index (χ1n) is 7.77. The quantitative estimate of drug-likeness (QED) is 0.155. The topological polar surface area (TPSA) is 69.7 Å². The molecule has 0 rings (SSSR count). The van der Waals surface area contributed by atoms with Crippen molar-refractivity contribution in [2.75, 3.05) is 5.75 Å². The summed E-state index contributed by atoms with van der Waals surface area (Å²) in [5, 5.41) is 0. The molecule has 126 valence electrons. The molecule has 0 amide bonds. The fraction of sp³-hybridized carbons (Fsp3) is 0.800. The predicted octanol–water partition coefficient (Wildman–Crippen LogP) is 1.01. The Bertz CT molecular complexity index is 387. The third-order valence-electron chi connectivity index (χ3n) is 3.13. The summed E-state index contributed by atoms with van der Waals surface area (Å²) < 4.78 is 26.8. The number of rotatable bonds is 14. The van der Waals surface area contributed by atoms with Gasteiger partial charge in [0.15, 0.2) is 0 Å². The maximum atomic E-state index is 11.4. The molecule has 5 nitrogen and oxygen atoms in total. The van der Waals surface area contributed by atoms with Gasteiger partial charge in [-0.15, -0.1) is 0 Å². The van der Waals surface area contributed by atoms with E-state index in [4.69, 9.17) is 0 Å². The molecule has 0 aromatic heterocycles. The van der Waals surface area contributed by atoms with Crippen LogP contribution >= 0.6 is 0 Å². The molecule has 0 saturated heterocycles. The van der Waals surface area contributed by atoms with E-state index in [0.29, 0.717) is 6.42 Å². The molecule has 0 atom stereocenters. The Kier molecular flexibility index (Phi) is 17.7. The molecule has 0 aliphatic rings. The van der Waals surface area contributed by atoms with Gasteiger partial charge >= 0.3 is 45.6 Å². The van der Waals surface area contributed by atoms with Crippen molar-refractivity contribution in [3.63, 3.8) is 0 Å². The second-order valence-corrected chi connectivity index (χ2v) is 6.78. The molecule has 7 heteroatoms. The third kappa shape index (κ3) is 16.5. The molecule has 0 aliphatic heterocycles. The minimum Gasteiger partial charge on any atom is -1.00 e. The van der Waals surface area contributed by atoms with Crippen molar-refractivity contribution < 1.29 is 53.4 Å². The Hall–Kier alpha value is 0.120. The van der Waals surface area contributed by atoms with Gasteiger partial charge in [-0.05, 0) is 6.42 Å². The number of carbonyl (C=O) groups is 1. The molecule has 0 spiro atoms. The van der Waals surface area contributed by atoms with Gasteiger partial charge in [0.25, 0.3) is 0 Å². The van der Waals surface area contributed by atoms with Crippen molar-refractivity contribution in [1.29, 1.82) is 0 Å². The van der Waals surface area contributed by atoms with Gasteiger partial charge in [-0.2, -0.15) is 8.42 Å². The Morgan fingerprint density at radius 2 is 1.45 bits per heavy atom. The molecule has 0 fully saturated rings. The van der Waals surface area contributed by atoms with Crippen molar-refractivity contribution in [2.45, 2.75) is 71.1 Å². The molecule has 0 saturated carbocycles. The van der Waals surface area contributed by atoms with Crippen LogP contribution < -0.4 is 29.6 Å². The number of carbonyl (C=O) groups excluding carboxylic acids is 1. The Morgan fingerprint density at radius 1 is 1.00 bits per heavy atom. The Labute approximate surface area is 158 Å². The summed E-state index contributed by atoms with van der Waals surface area (Å²) in [4.78, 5) is 14.7.